The largest absolute Gasteiger partial charge is 0.472 e. The molecule has 0 bridgehead atoms. The molecule has 102 valence electrons. The predicted molar refractivity (Wildman–Crippen MR) is 73.7 cm³/mol. The van der Waals surface area contributed by atoms with Crippen molar-refractivity contribution in [1.82, 2.24) is 9.19 Å². The van der Waals surface area contributed by atoms with Gasteiger partial charge >= 0.3 is 0 Å². The molecule has 0 unspecified atom stereocenters. The maximum absolute atomic E-state index is 12.6. The number of aromatic nitrogens is 2. The SMILES string of the molecule is Cc1ccc(S(=O)(=O)n2nccc2-c2ccoc2)cc1. The van der Waals surface area contributed by atoms with Gasteiger partial charge < -0.3 is 4.42 Å². The highest BCUT2D eigenvalue weighted by atomic mass is 32.2. The van der Waals surface area contributed by atoms with Gasteiger partial charge in [0.15, 0.2) is 0 Å². The van der Waals surface area contributed by atoms with E-state index in [2.05, 4.69) is 5.10 Å². The summed E-state index contributed by atoms with van der Waals surface area (Å²) in [5.74, 6) is 0. The van der Waals surface area contributed by atoms with Gasteiger partial charge in [-0.3, -0.25) is 0 Å². The number of hydrogen-bond donors (Lipinski definition) is 0. The van der Waals surface area contributed by atoms with Crippen LogP contribution < -0.4 is 0 Å². The molecule has 0 saturated heterocycles. The van der Waals surface area contributed by atoms with E-state index in [9.17, 15) is 8.42 Å². The van der Waals surface area contributed by atoms with Crippen molar-refractivity contribution in [3.05, 3.63) is 60.7 Å². The lowest BCUT2D eigenvalue weighted by atomic mass is 10.2. The first-order valence-electron chi connectivity index (χ1n) is 5.98. The van der Waals surface area contributed by atoms with E-state index in [1.807, 2.05) is 6.92 Å². The molecule has 0 saturated carbocycles. The quantitative estimate of drug-likeness (QED) is 0.743. The molecule has 5 nitrogen and oxygen atoms in total. The van der Waals surface area contributed by atoms with Crippen LogP contribution in [0.25, 0.3) is 11.3 Å². The van der Waals surface area contributed by atoms with Gasteiger partial charge in [-0.1, -0.05) is 17.7 Å². The lowest BCUT2D eigenvalue weighted by Gasteiger charge is -2.07. The van der Waals surface area contributed by atoms with Gasteiger partial charge in [0.25, 0.3) is 10.0 Å². The van der Waals surface area contributed by atoms with E-state index in [0.717, 1.165) is 9.65 Å². The maximum Gasteiger partial charge on any atom is 0.283 e. The van der Waals surface area contributed by atoms with Crippen molar-refractivity contribution in [2.75, 3.05) is 0 Å². The van der Waals surface area contributed by atoms with Crippen LogP contribution in [0.4, 0.5) is 0 Å². The maximum atomic E-state index is 12.6. The van der Waals surface area contributed by atoms with Crippen molar-refractivity contribution < 1.29 is 12.8 Å². The van der Waals surface area contributed by atoms with Gasteiger partial charge in [-0.05, 0) is 31.2 Å². The fourth-order valence-electron chi connectivity index (χ4n) is 1.91. The molecule has 0 aliphatic rings. The molecule has 2 aromatic heterocycles. The van der Waals surface area contributed by atoms with Gasteiger partial charge in [-0.15, -0.1) is 0 Å². The molecule has 3 aromatic rings. The number of benzene rings is 1. The van der Waals surface area contributed by atoms with Crippen LogP contribution in [0.3, 0.4) is 0 Å². The fraction of sp³-hybridized carbons (Fsp3) is 0.0714. The molecule has 0 fully saturated rings. The summed E-state index contributed by atoms with van der Waals surface area (Å²) >= 11 is 0. The van der Waals surface area contributed by atoms with E-state index in [1.165, 1.54) is 18.7 Å². The number of aryl methyl sites for hydroxylation is 1. The van der Waals surface area contributed by atoms with Gasteiger partial charge in [0.2, 0.25) is 0 Å². The van der Waals surface area contributed by atoms with Crippen LogP contribution in [0.5, 0.6) is 0 Å². The summed E-state index contributed by atoms with van der Waals surface area (Å²) in [6.45, 7) is 1.90. The minimum absolute atomic E-state index is 0.205. The number of hydrogen-bond acceptors (Lipinski definition) is 4. The predicted octanol–water partition coefficient (Wildman–Crippen LogP) is 2.69. The summed E-state index contributed by atoms with van der Waals surface area (Å²) in [6, 6.07) is 9.99. The van der Waals surface area contributed by atoms with E-state index in [4.69, 9.17) is 4.42 Å². The zero-order valence-corrected chi connectivity index (χ0v) is 11.5. The monoisotopic (exact) mass is 288 g/mol. The van der Waals surface area contributed by atoms with Crippen LogP contribution >= 0.6 is 0 Å². The van der Waals surface area contributed by atoms with E-state index >= 15 is 0 Å². The first kappa shape index (κ1) is 12.7. The van der Waals surface area contributed by atoms with Crippen LogP contribution in [0.15, 0.2) is 64.4 Å². The highest BCUT2D eigenvalue weighted by Crippen LogP contribution is 2.23. The Hall–Kier alpha value is -2.34. The first-order valence-corrected chi connectivity index (χ1v) is 7.42. The third-order valence-corrected chi connectivity index (χ3v) is 4.59. The van der Waals surface area contributed by atoms with Gasteiger partial charge in [0, 0.05) is 5.56 Å². The molecule has 2 heterocycles. The smallest absolute Gasteiger partial charge is 0.283 e. The third kappa shape index (κ3) is 2.04. The lowest BCUT2D eigenvalue weighted by Crippen LogP contribution is -2.15. The standard InChI is InChI=1S/C14H12N2O3S/c1-11-2-4-13(5-3-11)20(17,18)16-14(6-8-15-16)12-7-9-19-10-12/h2-10H,1H3. The van der Waals surface area contributed by atoms with E-state index < -0.39 is 10.0 Å². The molecular weight excluding hydrogens is 276 g/mol. The third-order valence-electron chi connectivity index (χ3n) is 2.97. The minimum atomic E-state index is -3.71. The first-order chi connectivity index (χ1) is 9.59. The van der Waals surface area contributed by atoms with E-state index in [-0.39, 0.29) is 4.90 Å². The van der Waals surface area contributed by atoms with Gasteiger partial charge in [-0.2, -0.15) is 17.6 Å². The second-order valence-electron chi connectivity index (χ2n) is 4.39. The molecule has 3 rings (SSSR count). The topological polar surface area (TPSA) is 65.1 Å². The minimum Gasteiger partial charge on any atom is -0.472 e. The van der Waals surface area contributed by atoms with Gasteiger partial charge in [0.05, 0.1) is 29.3 Å². The number of rotatable bonds is 3. The Morgan fingerprint density at radius 3 is 2.50 bits per heavy atom. The Bertz CT molecular complexity index is 816. The normalized spacial score (nSPS) is 11.7. The Kier molecular flexibility index (Phi) is 2.94. The van der Waals surface area contributed by atoms with Crippen LogP contribution in [0, 0.1) is 6.92 Å². The average Bonchev–Trinajstić information content (AvgIpc) is 3.10. The van der Waals surface area contributed by atoms with Crippen LogP contribution in [-0.4, -0.2) is 17.6 Å². The zero-order valence-electron chi connectivity index (χ0n) is 10.7. The van der Waals surface area contributed by atoms with E-state index in [0.29, 0.717) is 11.3 Å². The number of nitrogens with zero attached hydrogens (tertiary/aromatic N) is 2. The van der Waals surface area contributed by atoms with E-state index in [1.54, 1.807) is 36.4 Å². The highest BCUT2D eigenvalue weighted by molar-refractivity contribution is 7.90. The molecule has 0 atom stereocenters. The molecule has 0 aliphatic carbocycles. The zero-order chi connectivity index (χ0) is 14.2. The molecule has 0 amide bonds. The summed E-state index contributed by atoms with van der Waals surface area (Å²) in [6.07, 6.45) is 4.43. The van der Waals surface area contributed by atoms with Gasteiger partial charge in [-0.25, -0.2) is 0 Å². The molecular formula is C14H12N2O3S. The van der Waals surface area contributed by atoms with Crippen molar-refractivity contribution in [3.63, 3.8) is 0 Å². The van der Waals surface area contributed by atoms with Crippen molar-refractivity contribution in [2.24, 2.45) is 0 Å². The summed E-state index contributed by atoms with van der Waals surface area (Å²) in [5, 5.41) is 3.93. The van der Waals surface area contributed by atoms with Crippen molar-refractivity contribution in [1.29, 1.82) is 0 Å². The van der Waals surface area contributed by atoms with Crippen molar-refractivity contribution in [2.45, 2.75) is 11.8 Å². The van der Waals surface area contributed by atoms with Crippen LogP contribution in [0.2, 0.25) is 0 Å². The Morgan fingerprint density at radius 1 is 1.10 bits per heavy atom. The molecule has 6 heteroatoms. The second-order valence-corrected chi connectivity index (χ2v) is 6.16. The molecule has 1 aromatic carbocycles. The second kappa shape index (κ2) is 4.64. The van der Waals surface area contributed by atoms with Crippen molar-refractivity contribution >= 4 is 10.0 Å². The van der Waals surface area contributed by atoms with Gasteiger partial charge in [0.1, 0.15) is 0 Å². The molecule has 0 N–H and O–H groups in total. The highest BCUT2D eigenvalue weighted by Gasteiger charge is 2.21. The Balaban J connectivity index is 2.14. The summed E-state index contributed by atoms with van der Waals surface area (Å²) in [4.78, 5) is 0.205. The molecule has 0 spiro atoms. The Labute approximate surface area is 116 Å². The van der Waals surface area contributed by atoms with Crippen LogP contribution in [0.1, 0.15) is 5.56 Å². The number of furan rings is 1. The Morgan fingerprint density at radius 2 is 1.85 bits per heavy atom. The van der Waals surface area contributed by atoms with Crippen molar-refractivity contribution in [3.8, 4) is 11.3 Å². The molecule has 20 heavy (non-hydrogen) atoms. The average molecular weight is 288 g/mol. The molecule has 0 radical (unpaired) electrons. The molecule has 0 aliphatic heterocycles. The fourth-order valence-corrected chi connectivity index (χ4v) is 3.19. The summed E-state index contributed by atoms with van der Waals surface area (Å²) < 4.78 is 31.2. The lowest BCUT2D eigenvalue weighted by molar-refractivity contribution is 0.567. The van der Waals surface area contributed by atoms with Crippen LogP contribution in [-0.2, 0) is 10.0 Å². The summed E-state index contributed by atoms with van der Waals surface area (Å²) in [7, 11) is -3.71. The summed E-state index contributed by atoms with van der Waals surface area (Å²) in [5.41, 5.74) is 2.14.